The Morgan fingerprint density at radius 1 is 0.926 bits per heavy atom. The van der Waals surface area contributed by atoms with Crippen LogP contribution in [0.25, 0.3) is 11.0 Å². The number of para-hydroxylation sites is 2. The van der Waals surface area contributed by atoms with Gasteiger partial charge in [-0.2, -0.15) is 0 Å². The molecule has 1 aromatic heterocycles. The van der Waals surface area contributed by atoms with Crippen molar-refractivity contribution in [2.75, 3.05) is 5.32 Å². The molecule has 5 heteroatoms. The summed E-state index contributed by atoms with van der Waals surface area (Å²) in [6.45, 7) is 0. The lowest BCUT2D eigenvalue weighted by Gasteiger charge is -2.34. The van der Waals surface area contributed by atoms with Crippen LogP contribution in [0.3, 0.4) is 0 Å². The fourth-order valence-electron chi connectivity index (χ4n) is 3.95. The van der Waals surface area contributed by atoms with E-state index in [0.717, 1.165) is 29.0 Å². The first-order chi connectivity index (χ1) is 13.2. The molecule has 0 spiro atoms. The minimum atomic E-state index is 0.0728. The Morgan fingerprint density at radius 3 is 2.52 bits per heavy atom. The Bertz CT molecular complexity index is 1120. The summed E-state index contributed by atoms with van der Waals surface area (Å²) in [6, 6.07) is 24.7. The van der Waals surface area contributed by atoms with Gasteiger partial charge in [0.15, 0.2) is 0 Å². The van der Waals surface area contributed by atoms with Gasteiger partial charge in [-0.05, 0) is 41.8 Å². The van der Waals surface area contributed by atoms with Crippen LogP contribution < -0.4 is 5.32 Å². The van der Waals surface area contributed by atoms with Gasteiger partial charge in [0.1, 0.15) is 0 Å². The van der Waals surface area contributed by atoms with Crippen LogP contribution in [0.15, 0.2) is 72.8 Å². The molecule has 0 fully saturated rings. The van der Waals surface area contributed by atoms with E-state index < -0.39 is 0 Å². The van der Waals surface area contributed by atoms with Crippen LogP contribution in [0, 0.1) is 0 Å². The van der Waals surface area contributed by atoms with E-state index in [2.05, 4.69) is 40.2 Å². The Balaban J connectivity index is 1.70. The van der Waals surface area contributed by atoms with E-state index in [1.165, 1.54) is 5.56 Å². The van der Waals surface area contributed by atoms with Crippen LogP contribution in [-0.4, -0.2) is 9.55 Å². The van der Waals surface area contributed by atoms with E-state index >= 15 is 0 Å². The first kappa shape index (κ1) is 16.7. The van der Waals surface area contributed by atoms with Crippen molar-refractivity contribution in [1.82, 2.24) is 9.55 Å². The fourth-order valence-corrected chi connectivity index (χ4v) is 4.48. The van der Waals surface area contributed by atoms with Gasteiger partial charge in [0.05, 0.1) is 23.1 Å². The average molecular weight is 394 g/mol. The highest BCUT2D eigenvalue weighted by Gasteiger charge is 2.31. The molecular formula is C22H17Cl2N3. The quantitative estimate of drug-likeness (QED) is 0.421. The third-order valence-corrected chi connectivity index (χ3v) is 5.76. The molecule has 0 radical (unpaired) electrons. The number of aromatic nitrogens is 2. The zero-order chi connectivity index (χ0) is 18.4. The van der Waals surface area contributed by atoms with Crippen LogP contribution >= 0.6 is 23.2 Å². The molecule has 0 aliphatic carbocycles. The van der Waals surface area contributed by atoms with Crippen molar-refractivity contribution in [3.8, 4) is 0 Å². The second-order valence-electron chi connectivity index (χ2n) is 6.82. The Labute approximate surface area is 167 Å². The number of fused-ring (bicyclic) bond motifs is 3. The number of imidazole rings is 1. The van der Waals surface area contributed by atoms with Gasteiger partial charge in [-0.3, -0.25) is 0 Å². The van der Waals surface area contributed by atoms with E-state index in [1.54, 1.807) is 0 Å². The van der Waals surface area contributed by atoms with Crippen LogP contribution in [0.2, 0.25) is 10.0 Å². The van der Waals surface area contributed by atoms with Crippen molar-refractivity contribution in [2.45, 2.75) is 18.5 Å². The minimum absolute atomic E-state index is 0.0728. The van der Waals surface area contributed by atoms with Gasteiger partial charge in [-0.15, -0.1) is 0 Å². The molecule has 0 saturated heterocycles. The summed E-state index contributed by atoms with van der Waals surface area (Å²) in [6.07, 6.45) is 0.874. The first-order valence-electron chi connectivity index (χ1n) is 8.94. The van der Waals surface area contributed by atoms with Crippen LogP contribution in [0.5, 0.6) is 0 Å². The van der Waals surface area contributed by atoms with Crippen molar-refractivity contribution >= 4 is 40.2 Å². The maximum atomic E-state index is 6.60. The zero-order valence-electron chi connectivity index (χ0n) is 14.4. The Hall–Kier alpha value is -2.49. The van der Waals surface area contributed by atoms with Gasteiger partial charge in [-0.1, -0.05) is 71.7 Å². The summed E-state index contributed by atoms with van der Waals surface area (Å²) in [5.74, 6) is 0.868. The summed E-state index contributed by atoms with van der Waals surface area (Å²) < 4.78 is 2.25. The summed E-state index contributed by atoms with van der Waals surface area (Å²) in [7, 11) is 0. The van der Waals surface area contributed by atoms with E-state index in [1.807, 2.05) is 42.5 Å². The monoisotopic (exact) mass is 393 g/mol. The number of nitrogens with one attached hydrogen (secondary N) is 1. The minimum Gasteiger partial charge on any atom is -0.349 e. The molecule has 1 aliphatic heterocycles. The van der Waals surface area contributed by atoms with E-state index in [0.29, 0.717) is 10.0 Å². The number of rotatable bonds is 2. The number of benzene rings is 3. The summed E-state index contributed by atoms with van der Waals surface area (Å²) in [5, 5.41) is 4.95. The third kappa shape index (κ3) is 2.88. The molecule has 0 amide bonds. The SMILES string of the molecule is Clc1ccc([C@@H]2C[C@@H](c3ccccc3)Nc3nc4ccccc4n32)c(Cl)c1. The highest BCUT2D eigenvalue weighted by atomic mass is 35.5. The van der Waals surface area contributed by atoms with Crippen molar-refractivity contribution in [3.05, 3.63) is 94.0 Å². The Morgan fingerprint density at radius 2 is 1.70 bits per heavy atom. The molecule has 134 valence electrons. The van der Waals surface area contributed by atoms with Gasteiger partial charge in [0.25, 0.3) is 0 Å². The molecule has 27 heavy (non-hydrogen) atoms. The molecule has 3 nitrogen and oxygen atoms in total. The first-order valence-corrected chi connectivity index (χ1v) is 9.70. The predicted octanol–water partition coefficient (Wildman–Crippen LogP) is 6.49. The lowest BCUT2D eigenvalue weighted by molar-refractivity contribution is 0.477. The molecule has 5 rings (SSSR count). The second kappa shape index (κ2) is 6.59. The van der Waals surface area contributed by atoms with Crippen LogP contribution in [-0.2, 0) is 0 Å². The molecule has 0 unspecified atom stereocenters. The summed E-state index contributed by atoms with van der Waals surface area (Å²) >= 11 is 12.7. The zero-order valence-corrected chi connectivity index (χ0v) is 16.0. The van der Waals surface area contributed by atoms with E-state index in [-0.39, 0.29) is 12.1 Å². The largest absolute Gasteiger partial charge is 0.349 e. The van der Waals surface area contributed by atoms with Gasteiger partial charge in [0, 0.05) is 10.0 Å². The maximum absolute atomic E-state index is 6.60. The predicted molar refractivity (Wildman–Crippen MR) is 112 cm³/mol. The highest BCUT2D eigenvalue weighted by molar-refractivity contribution is 6.35. The molecule has 4 aromatic rings. The summed E-state index contributed by atoms with van der Waals surface area (Å²) in [5.41, 5.74) is 4.38. The lowest BCUT2D eigenvalue weighted by Crippen LogP contribution is -2.27. The van der Waals surface area contributed by atoms with Crippen LogP contribution in [0.4, 0.5) is 5.95 Å². The third-order valence-electron chi connectivity index (χ3n) is 5.19. The van der Waals surface area contributed by atoms with E-state index in [4.69, 9.17) is 28.2 Å². The number of hydrogen-bond donors (Lipinski definition) is 1. The van der Waals surface area contributed by atoms with Gasteiger partial charge >= 0.3 is 0 Å². The molecule has 3 aromatic carbocycles. The lowest BCUT2D eigenvalue weighted by atomic mass is 9.93. The number of hydrogen-bond acceptors (Lipinski definition) is 2. The molecular weight excluding hydrogens is 377 g/mol. The Kier molecular flexibility index (Phi) is 4.07. The fraction of sp³-hybridized carbons (Fsp3) is 0.136. The standard InChI is InChI=1S/C22H17Cl2N3/c23-15-10-11-16(17(24)12-15)21-13-19(14-6-2-1-3-7-14)26-22-25-18-8-4-5-9-20(18)27(21)22/h1-12,19,21H,13H2,(H,25,26)/t19-,21-/m0/s1. The smallest absolute Gasteiger partial charge is 0.204 e. The maximum Gasteiger partial charge on any atom is 0.204 e. The highest BCUT2D eigenvalue weighted by Crippen LogP contribution is 2.43. The normalized spacial score (nSPS) is 18.9. The molecule has 2 atom stereocenters. The van der Waals surface area contributed by atoms with E-state index in [9.17, 15) is 0 Å². The van der Waals surface area contributed by atoms with Gasteiger partial charge in [0.2, 0.25) is 5.95 Å². The molecule has 0 bridgehead atoms. The number of halogens is 2. The van der Waals surface area contributed by atoms with Crippen molar-refractivity contribution in [2.24, 2.45) is 0 Å². The van der Waals surface area contributed by atoms with Crippen molar-refractivity contribution in [3.63, 3.8) is 0 Å². The number of anilines is 1. The topological polar surface area (TPSA) is 29.9 Å². The molecule has 0 saturated carbocycles. The molecule has 1 N–H and O–H groups in total. The molecule has 2 heterocycles. The molecule has 1 aliphatic rings. The number of nitrogens with zero attached hydrogens (tertiary/aromatic N) is 2. The van der Waals surface area contributed by atoms with Crippen molar-refractivity contribution in [1.29, 1.82) is 0 Å². The average Bonchev–Trinajstić information content (AvgIpc) is 3.07. The van der Waals surface area contributed by atoms with Gasteiger partial charge < -0.3 is 9.88 Å². The van der Waals surface area contributed by atoms with Crippen molar-refractivity contribution < 1.29 is 0 Å². The summed E-state index contributed by atoms with van der Waals surface area (Å²) in [4.78, 5) is 4.83. The van der Waals surface area contributed by atoms with Crippen LogP contribution in [0.1, 0.15) is 29.6 Å². The van der Waals surface area contributed by atoms with Gasteiger partial charge in [-0.25, -0.2) is 4.98 Å². The second-order valence-corrected chi connectivity index (χ2v) is 7.66.